The molecule has 0 aliphatic heterocycles. The van der Waals surface area contributed by atoms with Gasteiger partial charge in [0.25, 0.3) is 0 Å². The minimum absolute atomic E-state index is 0.336. The Morgan fingerprint density at radius 2 is 2.27 bits per heavy atom. The van der Waals surface area contributed by atoms with Crippen molar-refractivity contribution in [3.05, 3.63) is 47.0 Å². The average molecular weight is 224 g/mol. The minimum atomic E-state index is 0.336. The molecule has 0 saturated heterocycles. The van der Waals surface area contributed by atoms with E-state index in [4.69, 9.17) is 11.6 Å². The number of hydrogen-bond acceptors (Lipinski definition) is 1. The molecule has 15 heavy (non-hydrogen) atoms. The Morgan fingerprint density at radius 3 is 2.87 bits per heavy atom. The molecule has 0 bridgehead atoms. The van der Waals surface area contributed by atoms with Gasteiger partial charge in [-0.2, -0.15) is 0 Å². The Hall–Kier alpha value is -0.790. The maximum Gasteiger partial charge on any atom is 0.0409 e. The van der Waals surface area contributed by atoms with Gasteiger partial charge < -0.3 is 5.32 Å². The van der Waals surface area contributed by atoms with Crippen LogP contribution >= 0.6 is 11.6 Å². The average Bonchev–Trinajstić information content (AvgIpc) is 2.17. The second-order valence-corrected chi connectivity index (χ2v) is 4.37. The first-order valence-corrected chi connectivity index (χ1v) is 5.60. The van der Waals surface area contributed by atoms with Gasteiger partial charge in [-0.05, 0) is 44.5 Å². The fourth-order valence-corrected chi connectivity index (χ4v) is 1.59. The Kier molecular flexibility index (Phi) is 4.86. The van der Waals surface area contributed by atoms with Crippen molar-refractivity contribution in [3.8, 4) is 0 Å². The Morgan fingerprint density at radius 1 is 1.53 bits per heavy atom. The van der Waals surface area contributed by atoms with E-state index >= 15 is 0 Å². The lowest BCUT2D eigenvalue weighted by atomic mass is 10.1. The summed E-state index contributed by atoms with van der Waals surface area (Å²) in [5, 5.41) is 4.23. The third kappa shape index (κ3) is 4.50. The predicted molar refractivity (Wildman–Crippen MR) is 67.3 cm³/mol. The third-order valence-corrected chi connectivity index (χ3v) is 2.59. The monoisotopic (exact) mass is 223 g/mol. The summed E-state index contributed by atoms with van der Waals surface area (Å²) in [5.74, 6) is 0. The molecule has 1 nitrogen and oxygen atoms in total. The summed E-state index contributed by atoms with van der Waals surface area (Å²) in [5.41, 5.74) is 2.44. The van der Waals surface area contributed by atoms with Gasteiger partial charge in [-0.15, -0.1) is 6.58 Å². The lowest BCUT2D eigenvalue weighted by Gasteiger charge is -2.14. The highest BCUT2D eigenvalue weighted by molar-refractivity contribution is 6.30. The molecule has 0 unspecified atom stereocenters. The highest BCUT2D eigenvalue weighted by Gasteiger charge is 2.04. The molecular weight excluding hydrogens is 206 g/mol. The Bertz CT molecular complexity index is 333. The molecule has 1 aromatic carbocycles. The third-order valence-electron chi connectivity index (χ3n) is 2.35. The van der Waals surface area contributed by atoms with E-state index in [9.17, 15) is 0 Å². The molecule has 2 heteroatoms. The summed E-state index contributed by atoms with van der Waals surface area (Å²) >= 11 is 5.93. The molecule has 0 amide bonds. The second-order valence-electron chi connectivity index (χ2n) is 3.94. The molecule has 1 aromatic rings. The summed E-state index contributed by atoms with van der Waals surface area (Å²) in [6.07, 6.45) is 1.02. The van der Waals surface area contributed by atoms with Gasteiger partial charge in [0.1, 0.15) is 0 Å². The van der Waals surface area contributed by atoms with E-state index < -0.39 is 0 Å². The molecule has 1 N–H and O–H groups in total. The van der Waals surface area contributed by atoms with Crippen LogP contribution in [0.2, 0.25) is 5.02 Å². The molecule has 0 aliphatic carbocycles. The number of benzene rings is 1. The van der Waals surface area contributed by atoms with E-state index in [2.05, 4.69) is 24.9 Å². The van der Waals surface area contributed by atoms with Gasteiger partial charge in [-0.1, -0.05) is 29.3 Å². The van der Waals surface area contributed by atoms with E-state index in [1.807, 2.05) is 25.1 Å². The number of nitrogens with one attached hydrogen (secondary N) is 1. The maximum atomic E-state index is 5.93. The highest BCUT2D eigenvalue weighted by atomic mass is 35.5. The highest BCUT2D eigenvalue weighted by Crippen LogP contribution is 2.17. The molecule has 0 radical (unpaired) electrons. The van der Waals surface area contributed by atoms with Crippen LogP contribution in [-0.2, 0) is 0 Å². The minimum Gasteiger partial charge on any atom is -0.310 e. The van der Waals surface area contributed by atoms with Crippen LogP contribution in [0.15, 0.2) is 36.4 Å². The molecular formula is C13H18ClN. The summed E-state index contributed by atoms with van der Waals surface area (Å²) in [7, 11) is 0. The number of rotatable bonds is 5. The fourth-order valence-electron chi connectivity index (χ4n) is 1.40. The van der Waals surface area contributed by atoms with Crippen molar-refractivity contribution in [2.24, 2.45) is 0 Å². The van der Waals surface area contributed by atoms with Gasteiger partial charge in [0.15, 0.2) is 0 Å². The maximum absolute atomic E-state index is 5.93. The first kappa shape index (κ1) is 12.3. The van der Waals surface area contributed by atoms with Crippen molar-refractivity contribution in [1.82, 2.24) is 5.32 Å². The summed E-state index contributed by atoms with van der Waals surface area (Å²) < 4.78 is 0. The molecule has 82 valence electrons. The largest absolute Gasteiger partial charge is 0.310 e. The van der Waals surface area contributed by atoms with Gasteiger partial charge >= 0.3 is 0 Å². The molecule has 0 spiro atoms. The van der Waals surface area contributed by atoms with E-state index in [0.717, 1.165) is 18.0 Å². The number of hydrogen-bond donors (Lipinski definition) is 1. The van der Waals surface area contributed by atoms with Crippen LogP contribution in [0.1, 0.15) is 31.9 Å². The van der Waals surface area contributed by atoms with Crippen molar-refractivity contribution in [2.75, 3.05) is 6.54 Å². The first-order chi connectivity index (χ1) is 7.09. The van der Waals surface area contributed by atoms with Gasteiger partial charge in [0.05, 0.1) is 0 Å². The quantitative estimate of drug-likeness (QED) is 0.746. The molecule has 1 atom stereocenters. The van der Waals surface area contributed by atoms with Crippen molar-refractivity contribution in [1.29, 1.82) is 0 Å². The topological polar surface area (TPSA) is 12.0 Å². The van der Waals surface area contributed by atoms with Crippen molar-refractivity contribution in [3.63, 3.8) is 0 Å². The Balaban J connectivity index is 2.46. The molecule has 0 heterocycles. The molecule has 0 aliphatic rings. The van der Waals surface area contributed by atoms with E-state index in [1.165, 1.54) is 11.1 Å². The van der Waals surface area contributed by atoms with Crippen LogP contribution in [0.3, 0.4) is 0 Å². The van der Waals surface area contributed by atoms with Crippen LogP contribution in [0.25, 0.3) is 0 Å². The van der Waals surface area contributed by atoms with Gasteiger partial charge in [-0.25, -0.2) is 0 Å². The SMILES string of the molecule is C=C(C)CCN[C@H](C)c1cccc(Cl)c1. The molecule has 0 aromatic heterocycles. The van der Waals surface area contributed by atoms with Crippen molar-refractivity contribution >= 4 is 11.6 Å². The summed E-state index contributed by atoms with van der Waals surface area (Å²) in [6.45, 7) is 9.03. The Labute approximate surface area is 97.1 Å². The fraction of sp³-hybridized carbons (Fsp3) is 0.385. The van der Waals surface area contributed by atoms with Crippen LogP contribution in [0.5, 0.6) is 0 Å². The van der Waals surface area contributed by atoms with E-state index in [0.29, 0.717) is 6.04 Å². The van der Waals surface area contributed by atoms with Crippen molar-refractivity contribution in [2.45, 2.75) is 26.3 Å². The van der Waals surface area contributed by atoms with Crippen LogP contribution in [-0.4, -0.2) is 6.54 Å². The van der Waals surface area contributed by atoms with Gasteiger partial charge in [0, 0.05) is 11.1 Å². The summed E-state index contributed by atoms with van der Waals surface area (Å²) in [6, 6.07) is 8.30. The van der Waals surface area contributed by atoms with E-state index in [-0.39, 0.29) is 0 Å². The standard InChI is InChI=1S/C13H18ClN/c1-10(2)7-8-15-11(3)12-5-4-6-13(14)9-12/h4-6,9,11,15H,1,7-8H2,2-3H3/t11-/m1/s1. The lowest BCUT2D eigenvalue weighted by molar-refractivity contribution is 0.576. The zero-order chi connectivity index (χ0) is 11.3. The second kappa shape index (κ2) is 5.94. The molecule has 0 fully saturated rings. The first-order valence-electron chi connectivity index (χ1n) is 5.23. The van der Waals surface area contributed by atoms with Crippen LogP contribution < -0.4 is 5.32 Å². The van der Waals surface area contributed by atoms with E-state index in [1.54, 1.807) is 0 Å². The molecule has 0 saturated carbocycles. The van der Waals surface area contributed by atoms with Crippen LogP contribution in [0.4, 0.5) is 0 Å². The van der Waals surface area contributed by atoms with Gasteiger partial charge in [0.2, 0.25) is 0 Å². The van der Waals surface area contributed by atoms with Gasteiger partial charge in [-0.3, -0.25) is 0 Å². The number of halogens is 1. The summed E-state index contributed by atoms with van der Waals surface area (Å²) in [4.78, 5) is 0. The smallest absolute Gasteiger partial charge is 0.0409 e. The lowest BCUT2D eigenvalue weighted by Crippen LogP contribution is -2.19. The normalized spacial score (nSPS) is 12.5. The van der Waals surface area contributed by atoms with Crippen LogP contribution in [0, 0.1) is 0 Å². The zero-order valence-corrected chi connectivity index (χ0v) is 10.1. The zero-order valence-electron chi connectivity index (χ0n) is 9.39. The molecule has 1 rings (SSSR count). The van der Waals surface area contributed by atoms with Crippen molar-refractivity contribution < 1.29 is 0 Å². The predicted octanol–water partition coefficient (Wildman–Crippen LogP) is 3.96.